The van der Waals surface area contributed by atoms with Crippen molar-refractivity contribution in [3.63, 3.8) is 0 Å². The van der Waals surface area contributed by atoms with Crippen molar-refractivity contribution in [3.05, 3.63) is 40.1 Å². The number of aromatic carboxylic acids is 1. The number of rotatable bonds is 2. The highest BCUT2D eigenvalue weighted by Gasteiger charge is 2.18. The zero-order chi connectivity index (χ0) is 13.4. The Morgan fingerprint density at radius 3 is 2.50 bits per heavy atom. The number of carbonyl (C=O) groups is 1. The Morgan fingerprint density at radius 1 is 1.28 bits per heavy atom. The molecule has 18 heavy (non-hydrogen) atoms. The van der Waals surface area contributed by atoms with Gasteiger partial charge in [-0.25, -0.2) is 4.79 Å². The third kappa shape index (κ3) is 1.76. The zero-order valence-electron chi connectivity index (χ0n) is 11.2. The van der Waals surface area contributed by atoms with Crippen LogP contribution in [0.5, 0.6) is 0 Å². The number of fused-ring (bicyclic) bond motifs is 1. The van der Waals surface area contributed by atoms with E-state index in [0.29, 0.717) is 12.0 Å². The molecule has 1 heterocycles. The fraction of sp³-hybridized carbons (Fsp3) is 0.333. The average Bonchev–Trinajstić information content (AvgIpc) is 2.32. The van der Waals surface area contributed by atoms with Crippen molar-refractivity contribution in [1.29, 1.82) is 0 Å². The third-order valence-electron chi connectivity index (χ3n) is 3.56. The van der Waals surface area contributed by atoms with Crippen molar-refractivity contribution in [2.45, 2.75) is 34.1 Å². The van der Waals surface area contributed by atoms with Gasteiger partial charge in [0.25, 0.3) is 0 Å². The summed E-state index contributed by atoms with van der Waals surface area (Å²) < 4.78 is 0. The third-order valence-corrected chi connectivity index (χ3v) is 3.56. The van der Waals surface area contributed by atoms with E-state index in [9.17, 15) is 9.90 Å². The molecule has 0 saturated carbocycles. The first-order chi connectivity index (χ1) is 8.47. The van der Waals surface area contributed by atoms with Crippen molar-refractivity contribution in [3.8, 4) is 0 Å². The highest BCUT2D eigenvalue weighted by atomic mass is 16.4. The highest BCUT2D eigenvalue weighted by Crippen LogP contribution is 2.27. The van der Waals surface area contributed by atoms with E-state index in [4.69, 9.17) is 0 Å². The molecule has 0 amide bonds. The van der Waals surface area contributed by atoms with E-state index in [2.05, 4.69) is 4.98 Å². The van der Waals surface area contributed by atoms with Gasteiger partial charge in [-0.05, 0) is 43.9 Å². The number of benzene rings is 1. The molecule has 94 valence electrons. The van der Waals surface area contributed by atoms with E-state index in [1.54, 1.807) is 0 Å². The minimum absolute atomic E-state index is 0.406. The van der Waals surface area contributed by atoms with Gasteiger partial charge in [0.2, 0.25) is 0 Å². The molecule has 1 N–H and O–H groups in total. The second kappa shape index (κ2) is 4.41. The predicted molar refractivity (Wildman–Crippen MR) is 72.3 cm³/mol. The summed E-state index contributed by atoms with van der Waals surface area (Å²) in [6.07, 6.45) is 0.684. The highest BCUT2D eigenvalue weighted by molar-refractivity contribution is 6.05. The first-order valence-electron chi connectivity index (χ1n) is 6.10. The zero-order valence-corrected chi connectivity index (χ0v) is 11.2. The quantitative estimate of drug-likeness (QED) is 0.879. The van der Waals surface area contributed by atoms with E-state index in [1.807, 2.05) is 39.8 Å². The SMILES string of the molecule is CCc1c(C)nc2c(C)c(C)ccc2c1C(=O)O. The summed E-state index contributed by atoms with van der Waals surface area (Å²) in [7, 11) is 0. The first-order valence-corrected chi connectivity index (χ1v) is 6.10. The maximum Gasteiger partial charge on any atom is 0.336 e. The van der Waals surface area contributed by atoms with Crippen molar-refractivity contribution < 1.29 is 9.90 Å². The van der Waals surface area contributed by atoms with Crippen molar-refractivity contribution >= 4 is 16.9 Å². The van der Waals surface area contributed by atoms with E-state index >= 15 is 0 Å². The monoisotopic (exact) mass is 243 g/mol. The number of aromatic nitrogens is 1. The second-order valence-electron chi connectivity index (χ2n) is 4.61. The van der Waals surface area contributed by atoms with E-state index < -0.39 is 5.97 Å². The van der Waals surface area contributed by atoms with Crippen LogP contribution in [0.25, 0.3) is 10.9 Å². The van der Waals surface area contributed by atoms with Crippen LogP contribution in [0.15, 0.2) is 12.1 Å². The van der Waals surface area contributed by atoms with Crippen LogP contribution < -0.4 is 0 Å². The summed E-state index contributed by atoms with van der Waals surface area (Å²) in [4.78, 5) is 16.1. The van der Waals surface area contributed by atoms with Gasteiger partial charge in [0.05, 0.1) is 11.1 Å². The Balaban J connectivity index is 3.00. The molecule has 1 aromatic heterocycles. The van der Waals surface area contributed by atoms with Crippen LogP contribution in [0.2, 0.25) is 0 Å². The summed E-state index contributed by atoms with van der Waals surface area (Å²) in [6.45, 7) is 7.84. The first kappa shape index (κ1) is 12.6. The van der Waals surface area contributed by atoms with Crippen molar-refractivity contribution in [2.24, 2.45) is 0 Å². The standard InChI is InChI=1S/C15H17NO2/c1-5-11-10(4)16-14-9(3)8(2)6-7-12(14)13(11)15(17)18/h6-7H,5H2,1-4H3,(H,17,18). The topological polar surface area (TPSA) is 50.2 Å². The molecule has 2 aromatic rings. The summed E-state index contributed by atoms with van der Waals surface area (Å²) in [5.41, 5.74) is 5.05. The molecule has 0 unspecified atom stereocenters. The largest absolute Gasteiger partial charge is 0.478 e. The van der Waals surface area contributed by atoms with Gasteiger partial charge < -0.3 is 5.11 Å². The lowest BCUT2D eigenvalue weighted by Gasteiger charge is -2.13. The van der Waals surface area contributed by atoms with Gasteiger partial charge in [0.1, 0.15) is 0 Å². The molecule has 0 spiro atoms. The van der Waals surface area contributed by atoms with Gasteiger partial charge in [0.15, 0.2) is 0 Å². The van der Waals surface area contributed by atoms with Crippen LogP contribution in [0.1, 0.15) is 39.7 Å². The van der Waals surface area contributed by atoms with Gasteiger partial charge in [-0.15, -0.1) is 0 Å². The van der Waals surface area contributed by atoms with Crippen molar-refractivity contribution in [2.75, 3.05) is 0 Å². The summed E-state index contributed by atoms with van der Waals surface area (Å²) in [6, 6.07) is 3.83. The van der Waals surface area contributed by atoms with Gasteiger partial charge >= 0.3 is 5.97 Å². The number of aryl methyl sites for hydroxylation is 3. The Bertz CT molecular complexity index is 645. The molecular formula is C15H17NO2. The molecule has 0 fully saturated rings. The van der Waals surface area contributed by atoms with Gasteiger partial charge in [-0.2, -0.15) is 0 Å². The summed E-state index contributed by atoms with van der Waals surface area (Å²) in [5, 5.41) is 10.2. The molecule has 0 bridgehead atoms. The Labute approximate surface area is 106 Å². The van der Waals surface area contributed by atoms with Crippen LogP contribution in [-0.2, 0) is 6.42 Å². The lowest BCUT2D eigenvalue weighted by Crippen LogP contribution is -2.08. The summed E-state index contributed by atoms with van der Waals surface area (Å²) >= 11 is 0. The molecule has 0 radical (unpaired) electrons. The second-order valence-corrected chi connectivity index (χ2v) is 4.61. The fourth-order valence-electron chi connectivity index (χ4n) is 2.40. The molecule has 0 aliphatic rings. The maximum absolute atomic E-state index is 11.5. The van der Waals surface area contributed by atoms with Gasteiger partial charge in [0, 0.05) is 11.1 Å². The fourth-order valence-corrected chi connectivity index (χ4v) is 2.40. The van der Waals surface area contributed by atoms with Gasteiger partial charge in [-0.1, -0.05) is 19.1 Å². The lowest BCUT2D eigenvalue weighted by atomic mass is 9.95. The number of hydrogen-bond acceptors (Lipinski definition) is 2. The molecular weight excluding hydrogens is 226 g/mol. The number of carboxylic acid groups (broad SMARTS) is 1. The number of hydrogen-bond donors (Lipinski definition) is 1. The maximum atomic E-state index is 11.5. The molecule has 0 aliphatic carbocycles. The van der Waals surface area contributed by atoms with Crippen molar-refractivity contribution in [1.82, 2.24) is 4.98 Å². The lowest BCUT2D eigenvalue weighted by molar-refractivity contribution is 0.0697. The van der Waals surface area contributed by atoms with Crippen LogP contribution in [-0.4, -0.2) is 16.1 Å². The average molecular weight is 243 g/mol. The molecule has 2 rings (SSSR count). The normalized spacial score (nSPS) is 10.9. The molecule has 1 aromatic carbocycles. The molecule has 3 heteroatoms. The summed E-state index contributed by atoms with van der Waals surface area (Å²) in [5.74, 6) is -0.870. The minimum Gasteiger partial charge on any atom is -0.478 e. The minimum atomic E-state index is -0.870. The molecule has 0 atom stereocenters. The van der Waals surface area contributed by atoms with Crippen LogP contribution in [0.3, 0.4) is 0 Å². The molecule has 0 saturated heterocycles. The van der Waals surface area contributed by atoms with Crippen LogP contribution >= 0.6 is 0 Å². The molecule has 3 nitrogen and oxygen atoms in total. The Morgan fingerprint density at radius 2 is 1.94 bits per heavy atom. The predicted octanol–water partition coefficient (Wildman–Crippen LogP) is 3.42. The smallest absolute Gasteiger partial charge is 0.336 e. The van der Waals surface area contributed by atoms with E-state index in [-0.39, 0.29) is 0 Å². The van der Waals surface area contributed by atoms with Crippen LogP contribution in [0, 0.1) is 20.8 Å². The number of pyridine rings is 1. The number of nitrogens with zero attached hydrogens (tertiary/aromatic N) is 1. The van der Waals surface area contributed by atoms with E-state index in [0.717, 1.165) is 33.3 Å². The Kier molecular flexibility index (Phi) is 3.07. The van der Waals surface area contributed by atoms with E-state index in [1.165, 1.54) is 0 Å². The van der Waals surface area contributed by atoms with Crippen LogP contribution in [0.4, 0.5) is 0 Å². The van der Waals surface area contributed by atoms with Gasteiger partial charge in [-0.3, -0.25) is 4.98 Å². The number of carboxylic acids is 1. The Hall–Kier alpha value is -1.90. The molecule has 0 aliphatic heterocycles.